The van der Waals surface area contributed by atoms with Crippen LogP contribution in [0.25, 0.3) is 0 Å². The number of nitrogens with two attached hydrogens (primary N) is 1. The monoisotopic (exact) mass is 273 g/mol. The van der Waals surface area contributed by atoms with Crippen molar-refractivity contribution < 1.29 is 23.1 Å². The summed E-state index contributed by atoms with van der Waals surface area (Å²) in [5, 5.41) is -0.551. The van der Waals surface area contributed by atoms with Gasteiger partial charge < -0.3 is 5.73 Å². The summed E-state index contributed by atoms with van der Waals surface area (Å²) in [4.78, 5) is 46.9. The average Bonchev–Trinajstić information content (AvgIpc) is 2.55. The number of imide groups is 1. The summed E-state index contributed by atoms with van der Waals surface area (Å²) in [6, 6.07) is 0. The highest BCUT2D eigenvalue weighted by atomic mass is 32.2. The number of hydrogen-bond donors (Lipinski definition) is 2. The van der Waals surface area contributed by atoms with Crippen LogP contribution in [0.1, 0.15) is 6.42 Å². The van der Waals surface area contributed by atoms with Crippen LogP contribution in [0.4, 0.5) is 0 Å². The van der Waals surface area contributed by atoms with Crippen molar-refractivity contribution in [2.24, 2.45) is 5.73 Å². The molecule has 1 fully saturated rings. The second-order valence-electron chi connectivity index (χ2n) is 3.70. The third-order valence-electron chi connectivity index (χ3n) is 2.97. The van der Waals surface area contributed by atoms with Crippen LogP contribution in [0.15, 0.2) is 12.2 Å². The molecule has 17 heavy (non-hydrogen) atoms. The van der Waals surface area contributed by atoms with Crippen molar-refractivity contribution in [2.45, 2.75) is 12.0 Å². The highest BCUT2D eigenvalue weighted by Crippen LogP contribution is 2.53. The fourth-order valence-electron chi connectivity index (χ4n) is 2.09. The van der Waals surface area contributed by atoms with E-state index in [2.05, 4.69) is 12.6 Å². The van der Waals surface area contributed by atoms with Crippen molar-refractivity contribution in [1.29, 1.82) is 0 Å². The molecule has 0 aromatic heterocycles. The molecule has 2 aliphatic heterocycles. The lowest BCUT2D eigenvalue weighted by Gasteiger charge is -2.47. The minimum absolute atomic E-state index is 0.0313. The first-order valence-corrected chi connectivity index (χ1v) is 6.15. The van der Waals surface area contributed by atoms with Gasteiger partial charge in [0.1, 0.15) is 0 Å². The van der Waals surface area contributed by atoms with Crippen LogP contribution >= 0.6 is 24.6 Å². The Hall–Kier alpha value is -1.12. The van der Waals surface area contributed by atoms with E-state index in [1.54, 1.807) is 0 Å². The maximum absolute atomic E-state index is 11.8. The molecule has 3 amide bonds. The molecule has 0 saturated carbocycles. The normalized spacial score (nSPS) is 29.8. The Kier molecular flexibility index (Phi) is 2.68. The molecule has 6 nitrogen and oxygen atoms in total. The predicted molar refractivity (Wildman–Crippen MR) is 62.4 cm³/mol. The van der Waals surface area contributed by atoms with Gasteiger partial charge >= 0.3 is 16.9 Å². The summed E-state index contributed by atoms with van der Waals surface area (Å²) in [7, 11) is 0. The van der Waals surface area contributed by atoms with Gasteiger partial charge in [0.15, 0.2) is 11.9 Å². The van der Waals surface area contributed by atoms with Gasteiger partial charge in [0, 0.05) is 6.42 Å². The van der Waals surface area contributed by atoms with E-state index in [0.29, 0.717) is 11.9 Å². The van der Waals surface area contributed by atoms with Gasteiger partial charge in [-0.25, -0.2) is 9.59 Å². The van der Waals surface area contributed by atoms with Gasteiger partial charge in [-0.1, -0.05) is 0 Å². The summed E-state index contributed by atoms with van der Waals surface area (Å²) in [6.45, 7) is 0. The van der Waals surface area contributed by atoms with Gasteiger partial charge in [0.05, 0.1) is 12.2 Å². The molecule has 0 aromatic carbocycles. The molecule has 0 aromatic rings. The Morgan fingerprint density at radius 2 is 1.88 bits per heavy atom. The summed E-state index contributed by atoms with van der Waals surface area (Å²) in [5.41, 5.74) is 3.45. The van der Waals surface area contributed by atoms with Crippen LogP contribution in [-0.2, 0) is 19.2 Å². The van der Waals surface area contributed by atoms with E-state index in [1.807, 2.05) is 0 Å². The lowest BCUT2D eigenvalue weighted by molar-refractivity contribution is -0.681. The first kappa shape index (κ1) is 12.3. The fraction of sp³-hybridized carbons (Fsp3) is 0.333. The maximum Gasteiger partial charge on any atom is 0.359 e. The molecular formula is C9H9N2O4S2+. The lowest BCUT2D eigenvalue weighted by Crippen LogP contribution is -2.79. The number of primary amides is 1. The predicted octanol–water partition coefficient (Wildman–Crippen LogP) is -0.841. The third-order valence-corrected chi connectivity index (χ3v) is 4.64. The molecule has 2 aliphatic rings. The van der Waals surface area contributed by atoms with Gasteiger partial charge in [-0.2, -0.15) is 12.6 Å². The Bertz CT molecular complexity index is 459. The third kappa shape index (κ3) is 1.17. The zero-order valence-electron chi connectivity index (χ0n) is 8.58. The smallest absolute Gasteiger partial charge is 0.359 e. The lowest BCUT2D eigenvalue weighted by atomic mass is 9.93. The van der Waals surface area contributed by atoms with Crippen LogP contribution < -0.4 is 5.73 Å². The van der Waals surface area contributed by atoms with E-state index < -0.39 is 32.3 Å². The van der Waals surface area contributed by atoms with Crippen LogP contribution in [0.3, 0.4) is 0 Å². The molecule has 1 saturated heterocycles. The van der Waals surface area contributed by atoms with Crippen LogP contribution in [-0.4, -0.2) is 38.0 Å². The quantitative estimate of drug-likeness (QED) is 0.230. The van der Waals surface area contributed by atoms with Crippen molar-refractivity contribution in [3.05, 3.63) is 12.2 Å². The zero-order chi connectivity index (χ0) is 12.8. The van der Waals surface area contributed by atoms with Gasteiger partial charge in [-0.3, -0.25) is 9.59 Å². The van der Waals surface area contributed by atoms with Crippen molar-refractivity contribution >= 4 is 47.4 Å². The van der Waals surface area contributed by atoms with Gasteiger partial charge in [0.25, 0.3) is 11.4 Å². The van der Waals surface area contributed by atoms with Gasteiger partial charge in [-0.05, 0) is 5.75 Å². The highest BCUT2D eigenvalue weighted by Gasteiger charge is 2.81. The molecule has 0 bridgehead atoms. The second kappa shape index (κ2) is 3.69. The topological polar surface area (TPSA) is 94.3 Å². The standard InChI is InChI=1S/C9H8N2O4S2/c10-7(14)9(3-4-16)8(15)17-11(9)5(12)1-2-6(11)13/h1-2H,3-4H2,(H2-,10,14,16)/p+1/t9-/m1/s1. The molecule has 0 radical (unpaired) electrons. The number of thiol groups is 1. The Morgan fingerprint density at radius 3 is 2.24 bits per heavy atom. The Balaban J connectivity index is 2.57. The Labute approximate surface area is 106 Å². The van der Waals surface area contributed by atoms with E-state index in [-0.39, 0.29) is 12.2 Å². The second-order valence-corrected chi connectivity index (χ2v) is 5.24. The number of rotatable bonds is 3. The molecule has 2 N–H and O–H groups in total. The van der Waals surface area contributed by atoms with E-state index in [4.69, 9.17) is 5.73 Å². The van der Waals surface area contributed by atoms with E-state index >= 15 is 0 Å². The minimum Gasteiger partial charge on any atom is -0.364 e. The molecule has 2 heterocycles. The van der Waals surface area contributed by atoms with Crippen molar-refractivity contribution in [3.8, 4) is 0 Å². The number of carbonyl (C=O) groups excluding carboxylic acids is 4. The van der Waals surface area contributed by atoms with Crippen molar-refractivity contribution in [2.75, 3.05) is 5.75 Å². The molecule has 1 spiro atoms. The number of carbonyl (C=O) groups is 4. The first-order chi connectivity index (χ1) is 7.93. The molecule has 0 aliphatic carbocycles. The van der Waals surface area contributed by atoms with Crippen LogP contribution in [0.2, 0.25) is 0 Å². The van der Waals surface area contributed by atoms with Gasteiger partial charge in [0.2, 0.25) is 0 Å². The number of quaternary nitrogens is 1. The minimum atomic E-state index is -1.79. The summed E-state index contributed by atoms with van der Waals surface area (Å²) < 4.78 is -0.887. The molecule has 1 atom stereocenters. The summed E-state index contributed by atoms with van der Waals surface area (Å²) in [5.74, 6) is -1.98. The van der Waals surface area contributed by atoms with Crippen LogP contribution in [0, 0.1) is 0 Å². The highest BCUT2D eigenvalue weighted by molar-refractivity contribution is 8.11. The number of nitrogens with zero attached hydrogens (tertiary/aromatic N) is 1. The zero-order valence-corrected chi connectivity index (χ0v) is 10.3. The van der Waals surface area contributed by atoms with Gasteiger partial charge in [-0.15, -0.1) is 3.89 Å². The van der Waals surface area contributed by atoms with E-state index in [9.17, 15) is 19.2 Å². The molecular weight excluding hydrogens is 264 g/mol. The summed E-state index contributed by atoms with van der Waals surface area (Å²) in [6.07, 6.45) is 2.10. The molecule has 2 rings (SSSR count). The number of amides is 3. The number of hydrogen-bond acceptors (Lipinski definition) is 6. The van der Waals surface area contributed by atoms with E-state index in [1.165, 1.54) is 0 Å². The molecule has 90 valence electrons. The first-order valence-electron chi connectivity index (χ1n) is 4.74. The SMILES string of the molecule is NC(=O)[C@]1(CCS)C(=O)S[N+]12C(=O)C=CC2=O. The van der Waals surface area contributed by atoms with Crippen molar-refractivity contribution in [1.82, 2.24) is 0 Å². The molecule has 0 unspecified atom stereocenters. The Morgan fingerprint density at radius 1 is 1.35 bits per heavy atom. The van der Waals surface area contributed by atoms with E-state index in [0.717, 1.165) is 12.2 Å². The molecule has 8 heteroatoms. The fourth-order valence-corrected chi connectivity index (χ4v) is 3.75. The maximum atomic E-state index is 11.8. The average molecular weight is 273 g/mol. The largest absolute Gasteiger partial charge is 0.364 e. The van der Waals surface area contributed by atoms with Crippen LogP contribution in [0.5, 0.6) is 0 Å². The summed E-state index contributed by atoms with van der Waals surface area (Å²) >= 11 is 4.48. The van der Waals surface area contributed by atoms with Crippen molar-refractivity contribution in [3.63, 3.8) is 0 Å².